The van der Waals surface area contributed by atoms with Crippen LogP contribution in [0.15, 0.2) is 24.3 Å². The Hall–Kier alpha value is -2.41. The molecule has 4 rings (SSSR count). The number of methoxy groups -OCH3 is 1. The van der Waals surface area contributed by atoms with Gasteiger partial charge >= 0.3 is 5.97 Å². The predicted molar refractivity (Wildman–Crippen MR) is 110 cm³/mol. The number of esters is 1. The van der Waals surface area contributed by atoms with Crippen LogP contribution >= 0.6 is 0 Å². The zero-order valence-corrected chi connectivity index (χ0v) is 17.5. The van der Waals surface area contributed by atoms with Crippen molar-refractivity contribution in [3.05, 3.63) is 35.4 Å². The van der Waals surface area contributed by atoms with Crippen LogP contribution in [0.5, 0.6) is 0 Å². The summed E-state index contributed by atoms with van der Waals surface area (Å²) in [5, 5.41) is 2.93. The SMILES string of the molecule is COC(=O)CCNC(=O)[C@@H]1c2ccccc2C(=O)N(C[C@H]2CCCO2)C12CCCC2. The lowest BCUT2D eigenvalue weighted by Gasteiger charge is -2.50. The van der Waals surface area contributed by atoms with E-state index in [1.54, 1.807) is 0 Å². The Morgan fingerprint density at radius 2 is 2.00 bits per heavy atom. The summed E-state index contributed by atoms with van der Waals surface area (Å²) in [6, 6.07) is 7.46. The third-order valence-electron chi connectivity index (χ3n) is 6.82. The fraction of sp³-hybridized carbons (Fsp3) is 0.609. The molecule has 1 aliphatic carbocycles. The van der Waals surface area contributed by atoms with Crippen LogP contribution in [0.25, 0.3) is 0 Å². The van der Waals surface area contributed by atoms with Gasteiger partial charge in [0.2, 0.25) is 5.91 Å². The van der Waals surface area contributed by atoms with Crippen molar-refractivity contribution >= 4 is 17.8 Å². The summed E-state index contributed by atoms with van der Waals surface area (Å²) in [7, 11) is 1.34. The van der Waals surface area contributed by atoms with Gasteiger partial charge in [-0.1, -0.05) is 31.0 Å². The third kappa shape index (κ3) is 3.71. The van der Waals surface area contributed by atoms with Gasteiger partial charge in [0.15, 0.2) is 0 Å². The Morgan fingerprint density at radius 1 is 1.23 bits per heavy atom. The summed E-state index contributed by atoms with van der Waals surface area (Å²) in [5.41, 5.74) is 0.858. The molecule has 1 aromatic carbocycles. The predicted octanol–water partition coefficient (Wildman–Crippen LogP) is 2.40. The standard InChI is InChI=1S/C23H30N2O5/c1-29-19(26)10-13-24-21(27)20-17-8-2-3-9-18(17)22(28)25(15-16-7-6-14-30-16)23(20)11-4-5-12-23/h2-3,8-9,16,20H,4-7,10-15H2,1H3,(H,24,27)/t16-,20+/m1/s1. The largest absolute Gasteiger partial charge is 0.469 e. The van der Waals surface area contributed by atoms with Gasteiger partial charge in [0, 0.05) is 25.3 Å². The maximum Gasteiger partial charge on any atom is 0.307 e. The van der Waals surface area contributed by atoms with Crippen molar-refractivity contribution < 1.29 is 23.9 Å². The summed E-state index contributed by atoms with van der Waals surface area (Å²) in [4.78, 5) is 40.4. The molecule has 1 aromatic rings. The zero-order chi connectivity index (χ0) is 21.1. The molecule has 0 radical (unpaired) electrons. The molecule has 2 aliphatic heterocycles. The number of carbonyl (C=O) groups is 3. The molecule has 0 aromatic heterocycles. The molecule has 30 heavy (non-hydrogen) atoms. The van der Waals surface area contributed by atoms with Crippen LogP contribution in [0, 0.1) is 0 Å². The van der Waals surface area contributed by atoms with Crippen LogP contribution < -0.4 is 5.32 Å². The van der Waals surface area contributed by atoms with Gasteiger partial charge in [0.1, 0.15) is 0 Å². The first kappa shape index (κ1) is 20.8. The average Bonchev–Trinajstić information content (AvgIpc) is 3.44. The van der Waals surface area contributed by atoms with Crippen molar-refractivity contribution in [2.24, 2.45) is 0 Å². The highest BCUT2D eigenvalue weighted by atomic mass is 16.5. The van der Waals surface area contributed by atoms with Gasteiger partial charge in [-0.15, -0.1) is 0 Å². The van der Waals surface area contributed by atoms with Crippen LogP contribution in [0.1, 0.15) is 66.8 Å². The van der Waals surface area contributed by atoms with Crippen LogP contribution in [0.3, 0.4) is 0 Å². The minimum Gasteiger partial charge on any atom is -0.469 e. The minimum absolute atomic E-state index is 0.00149. The first-order valence-corrected chi connectivity index (χ1v) is 10.9. The highest BCUT2D eigenvalue weighted by molar-refractivity contribution is 6.02. The molecular weight excluding hydrogens is 384 g/mol. The fourth-order valence-electron chi connectivity index (χ4n) is 5.42. The molecule has 0 unspecified atom stereocenters. The number of amides is 2. The van der Waals surface area contributed by atoms with Crippen molar-refractivity contribution in [2.45, 2.75) is 62.5 Å². The Bertz CT molecular complexity index is 812. The van der Waals surface area contributed by atoms with Gasteiger partial charge < -0.3 is 19.7 Å². The molecular formula is C23H30N2O5. The number of hydrogen-bond acceptors (Lipinski definition) is 5. The topological polar surface area (TPSA) is 84.9 Å². The Labute approximate surface area is 177 Å². The lowest BCUT2D eigenvalue weighted by Crippen LogP contribution is -2.62. The van der Waals surface area contributed by atoms with E-state index in [0.717, 1.165) is 50.7 Å². The second-order valence-electron chi connectivity index (χ2n) is 8.50. The number of benzene rings is 1. The van der Waals surface area contributed by atoms with Crippen LogP contribution in [-0.4, -0.2) is 61.1 Å². The van der Waals surface area contributed by atoms with E-state index in [-0.39, 0.29) is 36.9 Å². The molecule has 2 atom stereocenters. The van der Waals surface area contributed by atoms with E-state index >= 15 is 0 Å². The molecule has 1 N–H and O–H groups in total. The smallest absolute Gasteiger partial charge is 0.307 e. The summed E-state index contributed by atoms with van der Waals surface area (Å²) in [6.07, 6.45) is 5.68. The van der Waals surface area contributed by atoms with Gasteiger partial charge in [-0.2, -0.15) is 0 Å². The molecule has 162 valence electrons. The van der Waals surface area contributed by atoms with E-state index in [4.69, 9.17) is 4.74 Å². The van der Waals surface area contributed by atoms with Crippen molar-refractivity contribution in [3.63, 3.8) is 0 Å². The fourth-order valence-corrected chi connectivity index (χ4v) is 5.42. The summed E-state index contributed by atoms with van der Waals surface area (Å²) in [6.45, 7) is 1.48. The van der Waals surface area contributed by atoms with Crippen LogP contribution in [0.2, 0.25) is 0 Å². The molecule has 2 heterocycles. The van der Waals surface area contributed by atoms with E-state index in [9.17, 15) is 14.4 Å². The molecule has 2 amide bonds. The third-order valence-corrected chi connectivity index (χ3v) is 6.82. The highest BCUT2D eigenvalue weighted by Crippen LogP contribution is 2.50. The molecule has 7 heteroatoms. The molecule has 0 bridgehead atoms. The van der Waals surface area contributed by atoms with Crippen LogP contribution in [0.4, 0.5) is 0 Å². The molecule has 2 fully saturated rings. The Kier molecular flexibility index (Phi) is 6.09. The lowest BCUT2D eigenvalue weighted by atomic mass is 9.71. The first-order chi connectivity index (χ1) is 14.6. The van der Waals surface area contributed by atoms with E-state index in [1.807, 2.05) is 29.2 Å². The van der Waals surface area contributed by atoms with Crippen molar-refractivity contribution in [1.29, 1.82) is 0 Å². The van der Waals surface area contributed by atoms with Gasteiger partial charge in [-0.25, -0.2) is 0 Å². The lowest BCUT2D eigenvalue weighted by molar-refractivity contribution is -0.140. The van der Waals surface area contributed by atoms with E-state index in [1.165, 1.54) is 7.11 Å². The van der Waals surface area contributed by atoms with E-state index < -0.39 is 11.5 Å². The molecule has 1 saturated carbocycles. The van der Waals surface area contributed by atoms with Crippen molar-refractivity contribution in [1.82, 2.24) is 10.2 Å². The quantitative estimate of drug-likeness (QED) is 0.723. The van der Waals surface area contributed by atoms with Crippen LogP contribution in [-0.2, 0) is 19.1 Å². The first-order valence-electron chi connectivity index (χ1n) is 10.9. The number of nitrogens with one attached hydrogen (secondary N) is 1. The van der Waals surface area contributed by atoms with Gasteiger partial charge in [0.05, 0.1) is 31.1 Å². The number of fused-ring (bicyclic) bond motifs is 1. The van der Waals surface area contributed by atoms with Gasteiger partial charge in [-0.05, 0) is 37.3 Å². The second-order valence-corrected chi connectivity index (χ2v) is 8.50. The minimum atomic E-state index is -0.535. The summed E-state index contributed by atoms with van der Waals surface area (Å²) < 4.78 is 10.5. The Morgan fingerprint density at radius 3 is 2.70 bits per heavy atom. The normalized spacial score (nSPS) is 24.7. The summed E-state index contributed by atoms with van der Waals surface area (Å²) >= 11 is 0. The Balaban J connectivity index is 1.67. The van der Waals surface area contributed by atoms with Gasteiger partial charge in [0.25, 0.3) is 5.91 Å². The van der Waals surface area contributed by atoms with Crippen molar-refractivity contribution in [2.75, 3.05) is 26.8 Å². The molecule has 1 spiro atoms. The average molecular weight is 415 g/mol. The highest BCUT2D eigenvalue weighted by Gasteiger charge is 2.55. The zero-order valence-electron chi connectivity index (χ0n) is 17.5. The maximum atomic E-state index is 13.6. The second kappa shape index (κ2) is 8.76. The van der Waals surface area contributed by atoms with Crippen molar-refractivity contribution in [3.8, 4) is 0 Å². The molecule has 1 saturated heterocycles. The maximum absolute atomic E-state index is 13.6. The number of nitrogens with zero attached hydrogens (tertiary/aromatic N) is 1. The van der Waals surface area contributed by atoms with E-state index in [2.05, 4.69) is 10.1 Å². The number of rotatable bonds is 6. The van der Waals surface area contributed by atoms with Gasteiger partial charge in [-0.3, -0.25) is 14.4 Å². The number of carbonyl (C=O) groups excluding carboxylic acids is 3. The summed E-state index contributed by atoms with van der Waals surface area (Å²) in [5.74, 6) is -0.933. The monoisotopic (exact) mass is 414 g/mol. The van der Waals surface area contributed by atoms with E-state index in [0.29, 0.717) is 12.1 Å². The number of ether oxygens (including phenoxy) is 2. The molecule has 7 nitrogen and oxygen atoms in total. The molecule has 3 aliphatic rings. The number of hydrogen-bond donors (Lipinski definition) is 1.